The van der Waals surface area contributed by atoms with Gasteiger partial charge in [0.25, 0.3) is 0 Å². The number of nitrogens with zero attached hydrogens (tertiary/aromatic N) is 3. The van der Waals surface area contributed by atoms with Gasteiger partial charge in [0.2, 0.25) is 0 Å². The van der Waals surface area contributed by atoms with Crippen LogP contribution in [0.5, 0.6) is 0 Å². The standard InChI is InChI=1S/C25H39N3O/c1-4-17-14-22(23(29)15-28-12-11-26-27-28)25(3)10-9-20-19-7-5-16(2)13-18(19)6-8-21(20)24(17)25/h11-12,16-22,24H,4-10,13-15H2,1-3H3/t16?,17?,18?,19?,20?,21?,22-,24?,25?/m1/s1. The molecular formula is C25H39N3O. The molecule has 1 heterocycles. The molecule has 4 nitrogen and oxygen atoms in total. The SMILES string of the molecule is CCC1C[C@H](C(=O)Cn2ccnn2)C2(C)CCC3C4CCC(C)CC4CCC3C12. The zero-order valence-corrected chi connectivity index (χ0v) is 18.6. The molecule has 0 bridgehead atoms. The molecule has 0 saturated heterocycles. The second kappa shape index (κ2) is 7.50. The van der Waals surface area contributed by atoms with Crippen LogP contribution in [0.25, 0.3) is 0 Å². The topological polar surface area (TPSA) is 47.8 Å². The molecule has 4 heteroatoms. The number of fused-ring (bicyclic) bond motifs is 5. The Balaban J connectivity index is 1.39. The molecule has 0 aromatic carbocycles. The molecule has 0 radical (unpaired) electrons. The van der Waals surface area contributed by atoms with Crippen molar-refractivity contribution in [2.75, 3.05) is 0 Å². The van der Waals surface area contributed by atoms with E-state index in [2.05, 4.69) is 31.1 Å². The zero-order valence-electron chi connectivity index (χ0n) is 18.6. The van der Waals surface area contributed by atoms with Gasteiger partial charge in [-0.05, 0) is 91.8 Å². The Morgan fingerprint density at radius 1 is 1.10 bits per heavy atom. The fourth-order valence-electron chi connectivity index (χ4n) is 8.88. The molecule has 160 valence electrons. The number of carbonyl (C=O) groups excluding carboxylic acids is 1. The Bertz CT molecular complexity index is 730. The molecule has 0 amide bonds. The minimum absolute atomic E-state index is 0.203. The fraction of sp³-hybridized carbons (Fsp3) is 0.880. The number of hydrogen-bond donors (Lipinski definition) is 0. The summed E-state index contributed by atoms with van der Waals surface area (Å²) in [6.07, 6.45) is 15.8. The molecule has 1 aromatic rings. The van der Waals surface area contributed by atoms with Crippen LogP contribution in [0, 0.1) is 52.8 Å². The highest BCUT2D eigenvalue weighted by atomic mass is 16.1. The molecule has 4 aliphatic carbocycles. The minimum Gasteiger partial charge on any atom is -0.297 e. The van der Waals surface area contributed by atoms with Crippen molar-refractivity contribution < 1.29 is 4.79 Å². The van der Waals surface area contributed by atoms with Crippen molar-refractivity contribution in [3.8, 4) is 0 Å². The summed E-state index contributed by atoms with van der Waals surface area (Å²) < 4.78 is 1.72. The van der Waals surface area contributed by atoms with Gasteiger partial charge >= 0.3 is 0 Å². The highest BCUT2D eigenvalue weighted by molar-refractivity contribution is 5.82. The number of rotatable bonds is 4. The quantitative estimate of drug-likeness (QED) is 0.684. The molecular weight excluding hydrogens is 358 g/mol. The van der Waals surface area contributed by atoms with Crippen LogP contribution in [0.2, 0.25) is 0 Å². The van der Waals surface area contributed by atoms with Gasteiger partial charge in [-0.2, -0.15) is 0 Å². The van der Waals surface area contributed by atoms with E-state index in [1.165, 1.54) is 51.4 Å². The van der Waals surface area contributed by atoms with Crippen LogP contribution >= 0.6 is 0 Å². The van der Waals surface area contributed by atoms with E-state index < -0.39 is 0 Å². The monoisotopic (exact) mass is 397 g/mol. The Hall–Kier alpha value is -1.19. The lowest BCUT2D eigenvalue weighted by Crippen LogP contribution is -2.50. The van der Waals surface area contributed by atoms with E-state index in [1.54, 1.807) is 10.9 Å². The summed E-state index contributed by atoms with van der Waals surface area (Å²) in [5, 5.41) is 7.95. The van der Waals surface area contributed by atoms with Crippen LogP contribution in [-0.4, -0.2) is 20.8 Å². The third-order valence-electron chi connectivity index (χ3n) is 10.1. The van der Waals surface area contributed by atoms with Crippen LogP contribution in [0.15, 0.2) is 12.4 Å². The first-order chi connectivity index (χ1) is 14.0. The van der Waals surface area contributed by atoms with Gasteiger partial charge in [-0.15, -0.1) is 5.10 Å². The Morgan fingerprint density at radius 2 is 1.93 bits per heavy atom. The van der Waals surface area contributed by atoms with Crippen molar-refractivity contribution in [1.82, 2.24) is 15.0 Å². The van der Waals surface area contributed by atoms with Gasteiger partial charge in [0.15, 0.2) is 5.78 Å². The maximum Gasteiger partial charge on any atom is 0.157 e. The average Bonchev–Trinajstić information content (AvgIpc) is 3.32. The maximum absolute atomic E-state index is 13.4. The van der Waals surface area contributed by atoms with E-state index in [9.17, 15) is 4.79 Å². The van der Waals surface area contributed by atoms with Crippen LogP contribution in [0.3, 0.4) is 0 Å². The van der Waals surface area contributed by atoms with Gasteiger partial charge in [0.1, 0.15) is 6.54 Å². The lowest BCUT2D eigenvalue weighted by molar-refractivity contribution is -0.131. The smallest absolute Gasteiger partial charge is 0.157 e. The molecule has 4 aliphatic rings. The molecule has 5 rings (SSSR count). The van der Waals surface area contributed by atoms with E-state index in [-0.39, 0.29) is 11.3 Å². The average molecular weight is 398 g/mol. The molecule has 4 saturated carbocycles. The van der Waals surface area contributed by atoms with Crippen molar-refractivity contribution in [2.45, 2.75) is 85.1 Å². The molecule has 0 aliphatic heterocycles. The summed E-state index contributed by atoms with van der Waals surface area (Å²) in [6.45, 7) is 7.73. The Labute approximate surface area is 176 Å². The van der Waals surface area contributed by atoms with Crippen molar-refractivity contribution in [2.24, 2.45) is 52.8 Å². The van der Waals surface area contributed by atoms with E-state index in [1.807, 2.05) is 6.20 Å². The fourth-order valence-corrected chi connectivity index (χ4v) is 8.88. The van der Waals surface area contributed by atoms with Crippen molar-refractivity contribution in [1.29, 1.82) is 0 Å². The first-order valence-electron chi connectivity index (χ1n) is 12.4. The summed E-state index contributed by atoms with van der Waals surface area (Å²) >= 11 is 0. The Morgan fingerprint density at radius 3 is 2.69 bits per heavy atom. The lowest BCUT2D eigenvalue weighted by Gasteiger charge is -2.57. The van der Waals surface area contributed by atoms with Crippen molar-refractivity contribution in [3.05, 3.63) is 12.4 Å². The number of aromatic nitrogens is 3. The third kappa shape index (κ3) is 3.20. The number of Topliss-reactive ketones (excluding diaryl/α,β-unsaturated/α-hetero) is 1. The highest BCUT2D eigenvalue weighted by Gasteiger charge is 2.61. The largest absolute Gasteiger partial charge is 0.297 e. The summed E-state index contributed by atoms with van der Waals surface area (Å²) in [5.41, 5.74) is 0.203. The lowest BCUT2D eigenvalue weighted by atomic mass is 9.48. The molecule has 0 N–H and O–H groups in total. The number of hydrogen-bond acceptors (Lipinski definition) is 3. The molecule has 9 atom stereocenters. The third-order valence-corrected chi connectivity index (χ3v) is 10.1. The van der Waals surface area contributed by atoms with Crippen LogP contribution in [0.4, 0.5) is 0 Å². The van der Waals surface area contributed by atoms with Gasteiger partial charge in [0, 0.05) is 12.1 Å². The van der Waals surface area contributed by atoms with Crippen molar-refractivity contribution >= 4 is 5.78 Å². The summed E-state index contributed by atoms with van der Waals surface area (Å²) in [6, 6.07) is 0. The molecule has 29 heavy (non-hydrogen) atoms. The zero-order chi connectivity index (χ0) is 20.2. The predicted octanol–water partition coefficient (Wildman–Crippen LogP) is 5.39. The van der Waals surface area contributed by atoms with Crippen LogP contribution in [-0.2, 0) is 11.3 Å². The van der Waals surface area contributed by atoms with E-state index >= 15 is 0 Å². The van der Waals surface area contributed by atoms with Gasteiger partial charge in [0.05, 0.1) is 6.20 Å². The first-order valence-corrected chi connectivity index (χ1v) is 12.4. The van der Waals surface area contributed by atoms with E-state index in [4.69, 9.17) is 0 Å². The van der Waals surface area contributed by atoms with Gasteiger partial charge in [-0.1, -0.05) is 38.8 Å². The highest BCUT2D eigenvalue weighted by Crippen LogP contribution is 2.66. The molecule has 4 fully saturated rings. The predicted molar refractivity (Wildman–Crippen MR) is 114 cm³/mol. The van der Waals surface area contributed by atoms with Gasteiger partial charge < -0.3 is 0 Å². The van der Waals surface area contributed by atoms with E-state index in [0.29, 0.717) is 12.3 Å². The van der Waals surface area contributed by atoms with Crippen LogP contribution < -0.4 is 0 Å². The van der Waals surface area contributed by atoms with Gasteiger partial charge in [-0.3, -0.25) is 4.79 Å². The van der Waals surface area contributed by atoms with E-state index in [0.717, 1.165) is 47.8 Å². The van der Waals surface area contributed by atoms with Crippen molar-refractivity contribution in [3.63, 3.8) is 0 Å². The summed E-state index contributed by atoms with van der Waals surface area (Å²) in [5.74, 6) is 6.84. The molecule has 1 aromatic heterocycles. The summed E-state index contributed by atoms with van der Waals surface area (Å²) in [7, 11) is 0. The molecule has 8 unspecified atom stereocenters. The number of carbonyl (C=O) groups is 1. The normalized spacial score (nSPS) is 46.6. The number of ketones is 1. The first kappa shape index (κ1) is 19.8. The second-order valence-electron chi connectivity index (χ2n) is 11.3. The minimum atomic E-state index is 0.203. The summed E-state index contributed by atoms with van der Waals surface area (Å²) in [4.78, 5) is 13.4. The molecule has 0 spiro atoms. The maximum atomic E-state index is 13.4. The van der Waals surface area contributed by atoms with Gasteiger partial charge in [-0.25, -0.2) is 4.68 Å². The van der Waals surface area contributed by atoms with Crippen LogP contribution in [0.1, 0.15) is 78.6 Å². The second-order valence-corrected chi connectivity index (χ2v) is 11.3. The Kier molecular flexibility index (Phi) is 5.11.